The Bertz CT molecular complexity index is 1410. The molecule has 1 fully saturated rings. The Hall–Kier alpha value is -3.78. The van der Waals surface area contributed by atoms with Crippen molar-refractivity contribution < 1.29 is 22.8 Å². The minimum Gasteiger partial charge on any atom is -0.322 e. The van der Waals surface area contributed by atoms with E-state index in [1.54, 1.807) is 12.1 Å². The van der Waals surface area contributed by atoms with Gasteiger partial charge in [-0.1, -0.05) is 43.2 Å². The average Bonchev–Trinajstić information content (AvgIpc) is 3.50. The minimum absolute atomic E-state index is 0.158. The molecule has 1 aliphatic heterocycles. The molecule has 2 aliphatic rings. The summed E-state index contributed by atoms with van der Waals surface area (Å²) in [5, 5.41) is 2.39. The highest BCUT2D eigenvalue weighted by atomic mass is 32.2. The molecule has 1 N–H and O–H groups in total. The van der Waals surface area contributed by atoms with Gasteiger partial charge in [0.15, 0.2) is 9.84 Å². The van der Waals surface area contributed by atoms with E-state index >= 15 is 0 Å². The molecule has 0 spiro atoms. The number of fused-ring (bicyclic) bond motifs is 1. The number of imide groups is 1. The second-order valence-electron chi connectivity index (χ2n) is 8.87. The van der Waals surface area contributed by atoms with Crippen LogP contribution in [0.4, 0.5) is 5.69 Å². The number of rotatable bonds is 6. The number of sulfone groups is 1. The summed E-state index contributed by atoms with van der Waals surface area (Å²) in [6, 6.07) is 19.8. The van der Waals surface area contributed by atoms with Crippen molar-refractivity contribution in [3.05, 3.63) is 95.1 Å². The maximum Gasteiger partial charge on any atom is 0.261 e. The van der Waals surface area contributed by atoms with Crippen LogP contribution in [0.15, 0.2) is 77.7 Å². The zero-order chi connectivity index (χ0) is 24.6. The van der Waals surface area contributed by atoms with Crippen LogP contribution in [-0.4, -0.2) is 36.3 Å². The molecule has 5 rings (SSSR count). The topological polar surface area (TPSA) is 101 Å². The van der Waals surface area contributed by atoms with Crippen molar-refractivity contribution >= 4 is 33.2 Å². The number of benzene rings is 3. The molecule has 0 atom stereocenters. The number of nitrogens with zero attached hydrogens (tertiary/aromatic N) is 1. The SMILES string of the molecule is O=C(Nc1ccc(S(=O)(=O)C2CCCC2)cc1)c1ccc2c(c1)C(=O)N(Cc1ccccc1)C2=O. The maximum atomic E-state index is 12.9. The van der Waals surface area contributed by atoms with Crippen LogP contribution < -0.4 is 5.32 Å². The van der Waals surface area contributed by atoms with Gasteiger partial charge >= 0.3 is 0 Å². The molecule has 1 aliphatic carbocycles. The molecule has 1 saturated carbocycles. The molecule has 3 amide bonds. The van der Waals surface area contributed by atoms with Crippen LogP contribution in [0.25, 0.3) is 0 Å². The van der Waals surface area contributed by atoms with E-state index in [-0.39, 0.29) is 39.3 Å². The number of anilines is 1. The molecule has 0 unspecified atom stereocenters. The van der Waals surface area contributed by atoms with Gasteiger partial charge in [-0.25, -0.2) is 8.42 Å². The fraction of sp³-hybridized carbons (Fsp3) is 0.222. The van der Waals surface area contributed by atoms with Crippen molar-refractivity contribution in [3.8, 4) is 0 Å². The van der Waals surface area contributed by atoms with Crippen LogP contribution in [0.2, 0.25) is 0 Å². The van der Waals surface area contributed by atoms with Crippen molar-refractivity contribution in [2.75, 3.05) is 5.32 Å². The van der Waals surface area contributed by atoms with Crippen LogP contribution >= 0.6 is 0 Å². The summed E-state index contributed by atoms with van der Waals surface area (Å²) in [7, 11) is -3.37. The first-order chi connectivity index (χ1) is 16.8. The summed E-state index contributed by atoms with van der Waals surface area (Å²) in [5.41, 5.74) is 1.96. The van der Waals surface area contributed by atoms with Crippen molar-refractivity contribution in [3.63, 3.8) is 0 Å². The Kier molecular flexibility index (Phi) is 5.98. The Balaban J connectivity index is 1.30. The van der Waals surface area contributed by atoms with Crippen LogP contribution in [0.1, 0.15) is 62.3 Å². The summed E-state index contributed by atoms with van der Waals surface area (Å²) >= 11 is 0. The van der Waals surface area contributed by atoms with Gasteiger partial charge in [0.2, 0.25) is 0 Å². The van der Waals surface area contributed by atoms with E-state index in [2.05, 4.69) is 5.32 Å². The third-order valence-corrected chi connectivity index (χ3v) is 8.88. The van der Waals surface area contributed by atoms with Crippen LogP contribution in [0.5, 0.6) is 0 Å². The standard InChI is InChI=1S/C27H24N2O5S/c30-25(28-20-11-13-22(14-12-20)35(33,34)21-8-4-5-9-21)19-10-15-23-24(16-19)27(32)29(26(23)31)17-18-6-2-1-3-7-18/h1-3,6-7,10-16,21H,4-5,8-9,17H2,(H,28,30). The number of carbonyl (C=O) groups excluding carboxylic acids is 3. The first-order valence-corrected chi connectivity index (χ1v) is 13.1. The average molecular weight is 489 g/mol. The smallest absolute Gasteiger partial charge is 0.261 e. The van der Waals surface area contributed by atoms with Gasteiger partial charge < -0.3 is 5.32 Å². The first kappa shape index (κ1) is 23.0. The molecule has 0 radical (unpaired) electrons. The molecule has 3 aromatic carbocycles. The van der Waals surface area contributed by atoms with Gasteiger partial charge in [-0.15, -0.1) is 0 Å². The Morgan fingerprint density at radius 1 is 0.857 bits per heavy atom. The van der Waals surface area contributed by atoms with Crippen molar-refractivity contribution in [1.82, 2.24) is 4.90 Å². The molecular weight excluding hydrogens is 464 g/mol. The van der Waals surface area contributed by atoms with Crippen molar-refractivity contribution in [2.45, 2.75) is 42.4 Å². The summed E-state index contributed by atoms with van der Waals surface area (Å²) in [6.07, 6.45) is 3.22. The molecule has 7 nitrogen and oxygen atoms in total. The number of nitrogens with one attached hydrogen (secondary N) is 1. The summed E-state index contributed by atoms with van der Waals surface area (Å²) < 4.78 is 25.5. The molecule has 0 bridgehead atoms. The molecule has 178 valence electrons. The zero-order valence-corrected chi connectivity index (χ0v) is 19.8. The fourth-order valence-corrected chi connectivity index (χ4v) is 6.52. The summed E-state index contributed by atoms with van der Waals surface area (Å²) in [6.45, 7) is 0.158. The fourth-order valence-electron chi connectivity index (χ4n) is 4.66. The second-order valence-corrected chi connectivity index (χ2v) is 11.1. The van der Waals surface area contributed by atoms with E-state index in [0.29, 0.717) is 18.5 Å². The van der Waals surface area contributed by atoms with Gasteiger partial charge in [-0.2, -0.15) is 0 Å². The van der Waals surface area contributed by atoms with Gasteiger partial charge in [0.25, 0.3) is 17.7 Å². The lowest BCUT2D eigenvalue weighted by atomic mass is 10.1. The predicted octanol–water partition coefficient (Wildman–Crippen LogP) is 4.45. The van der Waals surface area contributed by atoms with Gasteiger partial charge in [0, 0.05) is 11.3 Å². The Morgan fingerprint density at radius 3 is 2.20 bits per heavy atom. The second kappa shape index (κ2) is 9.11. The third-order valence-electron chi connectivity index (χ3n) is 6.60. The lowest BCUT2D eigenvalue weighted by Crippen LogP contribution is -2.29. The summed E-state index contributed by atoms with van der Waals surface area (Å²) in [5.74, 6) is -1.29. The van der Waals surface area contributed by atoms with Crippen molar-refractivity contribution in [2.24, 2.45) is 0 Å². The van der Waals surface area contributed by atoms with E-state index in [9.17, 15) is 22.8 Å². The molecule has 0 saturated heterocycles. The molecule has 8 heteroatoms. The summed E-state index contributed by atoms with van der Waals surface area (Å²) in [4.78, 5) is 39.9. The van der Waals surface area contributed by atoms with Gasteiger partial charge in [0.1, 0.15) is 0 Å². The predicted molar refractivity (Wildman–Crippen MR) is 131 cm³/mol. The number of carbonyl (C=O) groups is 3. The van der Waals surface area contributed by atoms with Gasteiger partial charge in [0.05, 0.1) is 27.8 Å². The monoisotopic (exact) mass is 488 g/mol. The van der Waals surface area contributed by atoms with Gasteiger partial charge in [-0.05, 0) is 60.9 Å². The normalized spacial score (nSPS) is 15.9. The number of amides is 3. The highest BCUT2D eigenvalue weighted by molar-refractivity contribution is 7.92. The largest absolute Gasteiger partial charge is 0.322 e. The quantitative estimate of drug-likeness (QED) is 0.517. The third kappa shape index (κ3) is 4.37. The van der Waals surface area contributed by atoms with E-state index in [1.807, 2.05) is 30.3 Å². The number of hydrogen-bond donors (Lipinski definition) is 1. The molecule has 35 heavy (non-hydrogen) atoms. The maximum absolute atomic E-state index is 12.9. The number of hydrogen-bond acceptors (Lipinski definition) is 5. The molecular formula is C27H24N2O5S. The van der Waals surface area contributed by atoms with E-state index in [4.69, 9.17) is 0 Å². The van der Waals surface area contributed by atoms with Crippen molar-refractivity contribution in [1.29, 1.82) is 0 Å². The first-order valence-electron chi connectivity index (χ1n) is 11.5. The Labute approximate surface area is 203 Å². The van der Waals surface area contributed by atoms with Crippen LogP contribution in [0, 0.1) is 0 Å². The minimum atomic E-state index is -3.37. The molecule has 0 aromatic heterocycles. The lowest BCUT2D eigenvalue weighted by Gasteiger charge is -2.13. The lowest BCUT2D eigenvalue weighted by molar-refractivity contribution is 0.0642. The molecule has 1 heterocycles. The van der Waals surface area contributed by atoms with E-state index in [1.165, 1.54) is 35.2 Å². The van der Waals surface area contributed by atoms with Crippen LogP contribution in [0.3, 0.4) is 0 Å². The highest BCUT2D eigenvalue weighted by Gasteiger charge is 2.36. The van der Waals surface area contributed by atoms with E-state index in [0.717, 1.165) is 18.4 Å². The zero-order valence-electron chi connectivity index (χ0n) is 18.9. The Morgan fingerprint density at radius 2 is 1.51 bits per heavy atom. The molecule has 3 aromatic rings. The van der Waals surface area contributed by atoms with Gasteiger partial charge in [-0.3, -0.25) is 19.3 Å². The highest BCUT2D eigenvalue weighted by Crippen LogP contribution is 2.30. The van der Waals surface area contributed by atoms with Crippen LogP contribution in [-0.2, 0) is 16.4 Å². The van der Waals surface area contributed by atoms with E-state index < -0.39 is 21.7 Å².